The van der Waals surface area contributed by atoms with E-state index in [0.717, 1.165) is 17.5 Å². The van der Waals surface area contributed by atoms with Gasteiger partial charge in [0.1, 0.15) is 11.8 Å². The Morgan fingerprint density at radius 3 is 3.04 bits per heavy atom. The Kier molecular flexibility index (Phi) is 3.89. The van der Waals surface area contributed by atoms with Crippen LogP contribution in [-0.2, 0) is 6.42 Å². The highest BCUT2D eigenvalue weighted by Gasteiger charge is 2.23. The number of hydrogen-bond acceptors (Lipinski definition) is 6. The molecule has 25 heavy (non-hydrogen) atoms. The maximum absolute atomic E-state index is 12.6. The van der Waals surface area contributed by atoms with E-state index in [4.69, 9.17) is 9.26 Å². The number of fused-ring (bicyclic) bond motifs is 1. The van der Waals surface area contributed by atoms with Crippen LogP contribution in [0.1, 0.15) is 34.8 Å². The second kappa shape index (κ2) is 6.35. The lowest BCUT2D eigenvalue weighted by Gasteiger charge is -2.12. The third-order valence-corrected chi connectivity index (χ3v) is 4.04. The fourth-order valence-electron chi connectivity index (χ4n) is 2.75. The summed E-state index contributed by atoms with van der Waals surface area (Å²) in [5.41, 5.74) is 2.33. The Balaban J connectivity index is 1.51. The normalized spacial score (nSPS) is 13.8. The number of carbonyl (C=O) groups excluding carboxylic acids is 1. The molecule has 0 saturated carbocycles. The lowest BCUT2D eigenvalue weighted by molar-refractivity contribution is 0.0929. The Labute approximate surface area is 144 Å². The molecule has 2 aromatic heterocycles. The Morgan fingerprint density at radius 1 is 1.28 bits per heavy atom. The first-order chi connectivity index (χ1) is 12.2. The second-order valence-corrected chi connectivity index (χ2v) is 5.79. The fourth-order valence-corrected chi connectivity index (χ4v) is 2.75. The average molecular weight is 336 g/mol. The van der Waals surface area contributed by atoms with Crippen LogP contribution in [0.15, 0.2) is 47.2 Å². The van der Waals surface area contributed by atoms with Crippen LogP contribution in [0, 0.1) is 0 Å². The number of hydrogen-bond donors (Lipinski definition) is 1. The van der Waals surface area contributed by atoms with Gasteiger partial charge < -0.3 is 14.6 Å². The highest BCUT2D eigenvalue weighted by atomic mass is 16.5. The van der Waals surface area contributed by atoms with Crippen molar-refractivity contribution >= 4 is 5.91 Å². The SMILES string of the molecule is C[C@H](NC(=O)c1cccc2c1OCC2)c1nc(-c2cccnc2)no1. The molecule has 3 heterocycles. The predicted molar refractivity (Wildman–Crippen MR) is 89.1 cm³/mol. The summed E-state index contributed by atoms with van der Waals surface area (Å²) in [5.74, 6) is 1.20. The molecule has 126 valence electrons. The summed E-state index contributed by atoms with van der Waals surface area (Å²) < 4.78 is 10.9. The fraction of sp³-hybridized carbons (Fsp3) is 0.222. The van der Waals surface area contributed by atoms with E-state index in [2.05, 4.69) is 20.4 Å². The number of benzene rings is 1. The molecule has 1 atom stereocenters. The first kappa shape index (κ1) is 15.3. The van der Waals surface area contributed by atoms with Crippen LogP contribution in [0.2, 0.25) is 0 Å². The number of para-hydroxylation sites is 1. The number of nitrogens with zero attached hydrogens (tertiary/aromatic N) is 3. The summed E-state index contributed by atoms with van der Waals surface area (Å²) in [6.07, 6.45) is 4.15. The molecule has 3 aromatic rings. The van der Waals surface area contributed by atoms with Gasteiger partial charge in [-0.2, -0.15) is 4.98 Å². The number of rotatable bonds is 4. The zero-order valence-electron chi connectivity index (χ0n) is 13.6. The molecule has 1 N–H and O–H groups in total. The monoisotopic (exact) mass is 336 g/mol. The van der Waals surface area contributed by atoms with Crippen molar-refractivity contribution in [3.05, 3.63) is 59.7 Å². The molecule has 0 aliphatic carbocycles. The summed E-state index contributed by atoms with van der Waals surface area (Å²) in [6.45, 7) is 2.40. The summed E-state index contributed by atoms with van der Waals surface area (Å²) in [4.78, 5) is 20.9. The van der Waals surface area contributed by atoms with Crippen molar-refractivity contribution in [3.63, 3.8) is 0 Å². The Morgan fingerprint density at radius 2 is 2.20 bits per heavy atom. The van der Waals surface area contributed by atoms with Gasteiger partial charge in [-0.05, 0) is 30.7 Å². The van der Waals surface area contributed by atoms with Gasteiger partial charge in [0, 0.05) is 24.4 Å². The van der Waals surface area contributed by atoms with Crippen molar-refractivity contribution in [2.45, 2.75) is 19.4 Å². The highest BCUT2D eigenvalue weighted by Crippen LogP contribution is 2.29. The minimum atomic E-state index is -0.428. The van der Waals surface area contributed by atoms with Crippen molar-refractivity contribution in [2.75, 3.05) is 6.61 Å². The largest absolute Gasteiger partial charge is 0.492 e. The van der Waals surface area contributed by atoms with Crippen LogP contribution < -0.4 is 10.1 Å². The molecular weight excluding hydrogens is 320 g/mol. The molecule has 0 saturated heterocycles. The molecule has 0 bridgehead atoms. The van der Waals surface area contributed by atoms with Gasteiger partial charge in [-0.15, -0.1) is 0 Å². The molecule has 7 heteroatoms. The van der Waals surface area contributed by atoms with Gasteiger partial charge in [-0.1, -0.05) is 17.3 Å². The predicted octanol–water partition coefficient (Wildman–Crippen LogP) is 2.56. The lowest BCUT2D eigenvalue weighted by Crippen LogP contribution is -2.27. The maximum atomic E-state index is 12.6. The molecule has 0 radical (unpaired) electrons. The van der Waals surface area contributed by atoms with Gasteiger partial charge in [0.2, 0.25) is 11.7 Å². The minimum Gasteiger partial charge on any atom is -0.492 e. The number of carbonyl (C=O) groups is 1. The van der Waals surface area contributed by atoms with E-state index in [1.165, 1.54) is 0 Å². The van der Waals surface area contributed by atoms with Gasteiger partial charge in [0.15, 0.2) is 0 Å². The van der Waals surface area contributed by atoms with Crippen molar-refractivity contribution in [1.82, 2.24) is 20.4 Å². The Bertz CT molecular complexity index is 908. The van der Waals surface area contributed by atoms with Gasteiger partial charge in [0.25, 0.3) is 5.91 Å². The summed E-state index contributed by atoms with van der Waals surface area (Å²) >= 11 is 0. The number of pyridine rings is 1. The van der Waals surface area contributed by atoms with Crippen molar-refractivity contribution in [3.8, 4) is 17.1 Å². The molecule has 4 rings (SSSR count). The lowest BCUT2D eigenvalue weighted by atomic mass is 10.1. The summed E-state index contributed by atoms with van der Waals surface area (Å²) in [5, 5.41) is 6.82. The van der Waals surface area contributed by atoms with Gasteiger partial charge in [-0.3, -0.25) is 9.78 Å². The van der Waals surface area contributed by atoms with Crippen LogP contribution >= 0.6 is 0 Å². The van der Waals surface area contributed by atoms with Crippen LogP contribution in [-0.4, -0.2) is 27.6 Å². The quantitative estimate of drug-likeness (QED) is 0.787. The zero-order valence-corrected chi connectivity index (χ0v) is 13.6. The molecule has 1 aliphatic heterocycles. The maximum Gasteiger partial charge on any atom is 0.255 e. The molecular formula is C18H16N4O3. The number of aromatic nitrogens is 3. The molecule has 1 amide bonds. The number of nitrogens with one attached hydrogen (secondary N) is 1. The first-order valence-corrected chi connectivity index (χ1v) is 8.02. The van der Waals surface area contributed by atoms with Crippen LogP contribution in [0.3, 0.4) is 0 Å². The molecule has 0 unspecified atom stereocenters. The van der Waals surface area contributed by atoms with E-state index >= 15 is 0 Å². The summed E-state index contributed by atoms with van der Waals surface area (Å²) in [6, 6.07) is 8.80. The number of ether oxygens (including phenoxy) is 1. The van der Waals surface area contributed by atoms with E-state index in [1.807, 2.05) is 18.2 Å². The molecule has 0 fully saturated rings. The molecule has 7 nitrogen and oxygen atoms in total. The van der Waals surface area contributed by atoms with Crippen LogP contribution in [0.5, 0.6) is 5.75 Å². The highest BCUT2D eigenvalue weighted by molar-refractivity contribution is 5.97. The van der Waals surface area contributed by atoms with E-state index < -0.39 is 6.04 Å². The van der Waals surface area contributed by atoms with E-state index in [-0.39, 0.29) is 5.91 Å². The van der Waals surface area contributed by atoms with Crippen LogP contribution in [0.4, 0.5) is 0 Å². The third kappa shape index (κ3) is 2.96. The Hall–Kier alpha value is -3.22. The second-order valence-electron chi connectivity index (χ2n) is 5.79. The van der Waals surface area contributed by atoms with Crippen LogP contribution in [0.25, 0.3) is 11.4 Å². The molecule has 0 spiro atoms. The third-order valence-electron chi connectivity index (χ3n) is 4.04. The average Bonchev–Trinajstić information content (AvgIpc) is 3.31. The topological polar surface area (TPSA) is 90.1 Å². The minimum absolute atomic E-state index is 0.229. The standard InChI is InChI=1S/C18H16N4O3/c1-11(18-21-16(22-25-18)13-5-3-8-19-10-13)20-17(23)14-6-2-4-12-7-9-24-15(12)14/h2-6,8,10-11H,7,9H2,1H3,(H,20,23)/t11-/m0/s1. The van der Waals surface area contributed by atoms with E-state index in [0.29, 0.717) is 29.6 Å². The molecule has 1 aromatic carbocycles. The zero-order chi connectivity index (χ0) is 17.2. The van der Waals surface area contributed by atoms with Gasteiger partial charge >= 0.3 is 0 Å². The molecule has 1 aliphatic rings. The summed E-state index contributed by atoms with van der Waals surface area (Å²) in [7, 11) is 0. The smallest absolute Gasteiger partial charge is 0.255 e. The number of amides is 1. The first-order valence-electron chi connectivity index (χ1n) is 8.02. The van der Waals surface area contributed by atoms with Crippen molar-refractivity contribution in [1.29, 1.82) is 0 Å². The van der Waals surface area contributed by atoms with Crippen molar-refractivity contribution < 1.29 is 14.1 Å². The van der Waals surface area contributed by atoms with E-state index in [9.17, 15) is 4.79 Å². The van der Waals surface area contributed by atoms with Gasteiger partial charge in [0.05, 0.1) is 12.2 Å². The van der Waals surface area contributed by atoms with E-state index in [1.54, 1.807) is 31.5 Å². The van der Waals surface area contributed by atoms with Gasteiger partial charge in [-0.25, -0.2) is 0 Å². The van der Waals surface area contributed by atoms with Crippen molar-refractivity contribution in [2.24, 2.45) is 0 Å².